The number of rotatable bonds is 5. The van der Waals surface area contributed by atoms with E-state index in [1.165, 1.54) is 0 Å². The Morgan fingerprint density at radius 2 is 1.10 bits per heavy atom. The average Bonchev–Trinajstić information content (AvgIpc) is 3.65. The minimum atomic E-state index is 0.422. The van der Waals surface area contributed by atoms with Crippen LogP contribution in [0.1, 0.15) is 5.56 Å². The highest BCUT2D eigenvalue weighted by Crippen LogP contribution is 2.37. The molecule has 7 nitrogen and oxygen atoms in total. The number of hydrogen-bond acceptors (Lipinski definition) is 5. The zero-order valence-corrected chi connectivity index (χ0v) is 21.3. The molecule has 3 aromatic heterocycles. The predicted molar refractivity (Wildman–Crippen MR) is 155 cm³/mol. The lowest BCUT2D eigenvalue weighted by Gasteiger charge is -2.07. The first-order chi connectivity index (χ1) is 19.8. The molecule has 0 aliphatic rings. The van der Waals surface area contributed by atoms with Crippen LogP contribution in [0, 0.1) is 11.3 Å². The molecule has 4 aromatic carbocycles. The Labute approximate surface area is 230 Å². The van der Waals surface area contributed by atoms with Crippen LogP contribution in [-0.4, -0.2) is 29.8 Å². The zero-order chi connectivity index (χ0) is 26.9. The molecule has 0 aliphatic carbocycles. The van der Waals surface area contributed by atoms with Gasteiger partial charge in [-0.15, -0.1) is 10.2 Å². The largest absolute Gasteiger partial charge is 0.240 e. The van der Waals surface area contributed by atoms with Crippen molar-refractivity contribution in [3.8, 4) is 51.3 Å². The summed E-state index contributed by atoms with van der Waals surface area (Å²) in [6.45, 7) is 0. The molecule has 188 valence electrons. The standard InChI is InChI=1S/C33H21N7/c34-21-27-31(38-40(26-19-11-4-12-20-26)33(27)24-15-7-2-8-16-24)30-28-22-39(25-17-9-3-10-18-25)37-32(28)29(35-36-30)23-13-5-1-6-14-23/h1-20,22H. The highest BCUT2D eigenvalue weighted by Gasteiger charge is 2.26. The van der Waals surface area contributed by atoms with Gasteiger partial charge in [-0.05, 0) is 24.3 Å². The lowest BCUT2D eigenvalue weighted by molar-refractivity contribution is 0.887. The van der Waals surface area contributed by atoms with Crippen LogP contribution >= 0.6 is 0 Å². The minimum absolute atomic E-state index is 0.422. The quantitative estimate of drug-likeness (QED) is 0.250. The van der Waals surface area contributed by atoms with Gasteiger partial charge in [0.15, 0.2) is 0 Å². The number of nitriles is 1. The van der Waals surface area contributed by atoms with Gasteiger partial charge in [-0.2, -0.15) is 15.5 Å². The van der Waals surface area contributed by atoms with E-state index in [2.05, 4.69) is 16.3 Å². The van der Waals surface area contributed by atoms with E-state index >= 15 is 0 Å². The molecular formula is C33H21N7. The van der Waals surface area contributed by atoms with Crippen LogP contribution in [0.5, 0.6) is 0 Å². The molecule has 7 rings (SSSR count). The van der Waals surface area contributed by atoms with E-state index in [4.69, 9.17) is 10.2 Å². The SMILES string of the molecule is N#Cc1c(-c2nnc(-c3ccccc3)c3nn(-c4ccccc4)cc23)nn(-c2ccccc2)c1-c1ccccc1. The fourth-order valence-electron chi connectivity index (χ4n) is 4.91. The molecule has 0 N–H and O–H groups in total. The van der Waals surface area contributed by atoms with Crippen LogP contribution in [-0.2, 0) is 0 Å². The van der Waals surface area contributed by atoms with Crippen LogP contribution in [0.4, 0.5) is 0 Å². The Morgan fingerprint density at radius 1 is 0.550 bits per heavy atom. The van der Waals surface area contributed by atoms with E-state index < -0.39 is 0 Å². The van der Waals surface area contributed by atoms with Gasteiger partial charge in [-0.3, -0.25) is 0 Å². The Hall–Kier alpha value is -5.87. The van der Waals surface area contributed by atoms with Crippen molar-refractivity contribution < 1.29 is 0 Å². The van der Waals surface area contributed by atoms with Gasteiger partial charge in [-0.1, -0.05) is 97.1 Å². The maximum Gasteiger partial charge on any atom is 0.132 e. The van der Waals surface area contributed by atoms with Crippen LogP contribution in [0.2, 0.25) is 0 Å². The molecule has 0 radical (unpaired) electrons. The van der Waals surface area contributed by atoms with Gasteiger partial charge >= 0.3 is 0 Å². The molecule has 0 spiro atoms. The average molecular weight is 516 g/mol. The zero-order valence-electron chi connectivity index (χ0n) is 21.3. The van der Waals surface area contributed by atoms with Gasteiger partial charge in [0.05, 0.1) is 22.5 Å². The molecule has 7 aromatic rings. The van der Waals surface area contributed by atoms with Crippen LogP contribution in [0.25, 0.3) is 56.2 Å². The first-order valence-corrected chi connectivity index (χ1v) is 12.8. The van der Waals surface area contributed by atoms with Crippen molar-refractivity contribution in [2.75, 3.05) is 0 Å². The van der Waals surface area contributed by atoms with Gasteiger partial charge in [-0.25, -0.2) is 9.36 Å². The number of fused-ring (bicyclic) bond motifs is 1. The van der Waals surface area contributed by atoms with Crippen molar-refractivity contribution in [1.29, 1.82) is 5.26 Å². The van der Waals surface area contributed by atoms with Crippen molar-refractivity contribution >= 4 is 10.9 Å². The van der Waals surface area contributed by atoms with E-state index in [9.17, 15) is 5.26 Å². The van der Waals surface area contributed by atoms with Gasteiger partial charge in [0.25, 0.3) is 0 Å². The minimum Gasteiger partial charge on any atom is -0.240 e. The number of para-hydroxylation sites is 2. The summed E-state index contributed by atoms with van der Waals surface area (Å²) in [5.41, 5.74) is 6.95. The summed E-state index contributed by atoms with van der Waals surface area (Å²) in [6, 6.07) is 41.8. The van der Waals surface area contributed by atoms with Crippen molar-refractivity contribution in [3.63, 3.8) is 0 Å². The second-order valence-electron chi connectivity index (χ2n) is 9.23. The first-order valence-electron chi connectivity index (χ1n) is 12.8. The Kier molecular flexibility index (Phi) is 5.69. The maximum absolute atomic E-state index is 10.5. The smallest absolute Gasteiger partial charge is 0.132 e. The molecule has 40 heavy (non-hydrogen) atoms. The van der Waals surface area contributed by atoms with Crippen molar-refractivity contribution in [2.45, 2.75) is 0 Å². The molecule has 0 bridgehead atoms. The molecule has 0 saturated carbocycles. The maximum atomic E-state index is 10.5. The van der Waals surface area contributed by atoms with Crippen molar-refractivity contribution in [1.82, 2.24) is 29.8 Å². The van der Waals surface area contributed by atoms with E-state index in [0.717, 1.165) is 27.9 Å². The third-order valence-corrected chi connectivity index (χ3v) is 6.78. The Bertz CT molecular complexity index is 1990. The van der Waals surface area contributed by atoms with Crippen LogP contribution in [0.15, 0.2) is 128 Å². The molecule has 3 heterocycles. The predicted octanol–water partition coefficient (Wildman–Crippen LogP) is 6.87. The summed E-state index contributed by atoms with van der Waals surface area (Å²) < 4.78 is 3.63. The highest BCUT2D eigenvalue weighted by atomic mass is 15.3. The number of aromatic nitrogens is 6. The van der Waals surface area contributed by atoms with E-state index in [-0.39, 0.29) is 0 Å². The fourth-order valence-corrected chi connectivity index (χ4v) is 4.91. The summed E-state index contributed by atoms with van der Waals surface area (Å²) in [6.07, 6.45) is 1.94. The molecule has 0 unspecified atom stereocenters. The Balaban J connectivity index is 1.53. The fraction of sp³-hybridized carbons (Fsp3) is 0. The molecule has 0 amide bonds. The second kappa shape index (κ2) is 9.78. The van der Waals surface area contributed by atoms with Crippen LogP contribution in [0.3, 0.4) is 0 Å². The van der Waals surface area contributed by atoms with Gasteiger partial charge in [0.2, 0.25) is 0 Å². The summed E-state index contributed by atoms with van der Waals surface area (Å²) in [4.78, 5) is 0. The summed E-state index contributed by atoms with van der Waals surface area (Å²) in [7, 11) is 0. The summed E-state index contributed by atoms with van der Waals surface area (Å²) >= 11 is 0. The summed E-state index contributed by atoms with van der Waals surface area (Å²) in [5, 5.41) is 30.5. The molecule has 0 saturated heterocycles. The molecule has 0 atom stereocenters. The Morgan fingerprint density at radius 3 is 1.73 bits per heavy atom. The molecular weight excluding hydrogens is 494 g/mol. The number of nitrogens with zero attached hydrogens (tertiary/aromatic N) is 7. The van der Waals surface area contributed by atoms with Gasteiger partial charge < -0.3 is 0 Å². The molecule has 7 heteroatoms. The topological polar surface area (TPSA) is 85.2 Å². The van der Waals surface area contributed by atoms with E-state index in [1.54, 1.807) is 0 Å². The monoisotopic (exact) mass is 515 g/mol. The lowest BCUT2D eigenvalue weighted by atomic mass is 10.0. The number of hydrogen-bond donors (Lipinski definition) is 0. The third-order valence-electron chi connectivity index (χ3n) is 6.78. The molecule has 0 fully saturated rings. The van der Waals surface area contributed by atoms with Gasteiger partial charge in [0, 0.05) is 17.3 Å². The van der Waals surface area contributed by atoms with Gasteiger partial charge in [0.1, 0.15) is 34.2 Å². The molecule has 0 aliphatic heterocycles. The van der Waals surface area contributed by atoms with E-state index in [0.29, 0.717) is 33.9 Å². The number of benzene rings is 4. The van der Waals surface area contributed by atoms with Crippen LogP contribution < -0.4 is 0 Å². The lowest BCUT2D eigenvalue weighted by Crippen LogP contribution is -1.99. The third kappa shape index (κ3) is 3.92. The first kappa shape index (κ1) is 23.3. The van der Waals surface area contributed by atoms with Crippen molar-refractivity contribution in [3.05, 3.63) is 133 Å². The van der Waals surface area contributed by atoms with Crippen molar-refractivity contribution in [2.24, 2.45) is 0 Å². The normalized spacial score (nSPS) is 11.0. The summed E-state index contributed by atoms with van der Waals surface area (Å²) in [5.74, 6) is 0. The highest BCUT2D eigenvalue weighted by molar-refractivity contribution is 6.00. The van der Waals surface area contributed by atoms with E-state index in [1.807, 2.05) is 137 Å². The second-order valence-corrected chi connectivity index (χ2v) is 9.23.